The van der Waals surface area contributed by atoms with Crippen molar-refractivity contribution in [3.8, 4) is 11.1 Å². The molecular weight excluding hydrogens is 304 g/mol. The van der Waals surface area contributed by atoms with E-state index in [1.807, 2.05) is 31.2 Å². The van der Waals surface area contributed by atoms with E-state index in [4.69, 9.17) is 0 Å². The molecule has 2 aromatic rings. The maximum absolute atomic E-state index is 12.4. The SMILES string of the molecule is C[C@@H](NC(=O)N1CCC[C@@H]1CO)c1ccc(-c2cncnc2)cc1. The third-order valence-electron chi connectivity index (χ3n) is 4.49. The fourth-order valence-electron chi connectivity index (χ4n) is 3.06. The lowest BCUT2D eigenvalue weighted by molar-refractivity contribution is 0.155. The van der Waals surface area contributed by atoms with Crippen LogP contribution in [0.5, 0.6) is 0 Å². The van der Waals surface area contributed by atoms with Gasteiger partial charge in [0, 0.05) is 24.5 Å². The highest BCUT2D eigenvalue weighted by molar-refractivity contribution is 5.75. The Bertz CT molecular complexity index is 675. The summed E-state index contributed by atoms with van der Waals surface area (Å²) in [5.41, 5.74) is 3.03. The van der Waals surface area contributed by atoms with Crippen molar-refractivity contribution in [2.24, 2.45) is 0 Å². The maximum atomic E-state index is 12.4. The van der Waals surface area contributed by atoms with Crippen LogP contribution in [0.25, 0.3) is 11.1 Å². The van der Waals surface area contributed by atoms with E-state index in [1.165, 1.54) is 6.33 Å². The van der Waals surface area contributed by atoms with Gasteiger partial charge in [0.1, 0.15) is 6.33 Å². The van der Waals surface area contributed by atoms with Crippen molar-refractivity contribution in [1.82, 2.24) is 20.2 Å². The van der Waals surface area contributed by atoms with Gasteiger partial charge in [-0.25, -0.2) is 14.8 Å². The first-order valence-electron chi connectivity index (χ1n) is 8.22. The van der Waals surface area contributed by atoms with Gasteiger partial charge in [-0.05, 0) is 30.9 Å². The summed E-state index contributed by atoms with van der Waals surface area (Å²) in [6.07, 6.45) is 6.87. The monoisotopic (exact) mass is 326 g/mol. The van der Waals surface area contributed by atoms with Gasteiger partial charge in [-0.3, -0.25) is 0 Å². The van der Waals surface area contributed by atoms with E-state index in [1.54, 1.807) is 17.3 Å². The van der Waals surface area contributed by atoms with Crippen LogP contribution in [-0.4, -0.2) is 45.2 Å². The highest BCUT2D eigenvalue weighted by atomic mass is 16.3. The molecule has 1 aliphatic rings. The predicted octanol–water partition coefficient (Wildman–Crippen LogP) is 2.37. The molecule has 0 bridgehead atoms. The Balaban J connectivity index is 1.65. The lowest BCUT2D eigenvalue weighted by Gasteiger charge is -2.25. The number of hydrogen-bond donors (Lipinski definition) is 2. The molecule has 1 aliphatic heterocycles. The predicted molar refractivity (Wildman–Crippen MR) is 91.2 cm³/mol. The zero-order chi connectivity index (χ0) is 16.9. The number of urea groups is 1. The Hall–Kier alpha value is -2.47. The first-order chi connectivity index (χ1) is 11.7. The van der Waals surface area contributed by atoms with Crippen molar-refractivity contribution >= 4 is 6.03 Å². The molecule has 6 heteroatoms. The average molecular weight is 326 g/mol. The highest BCUT2D eigenvalue weighted by Gasteiger charge is 2.28. The Morgan fingerprint density at radius 1 is 1.29 bits per heavy atom. The summed E-state index contributed by atoms with van der Waals surface area (Å²) in [5.74, 6) is 0. The molecule has 0 saturated carbocycles. The van der Waals surface area contributed by atoms with E-state index < -0.39 is 0 Å². The van der Waals surface area contributed by atoms with Crippen molar-refractivity contribution in [3.05, 3.63) is 48.5 Å². The largest absolute Gasteiger partial charge is 0.394 e. The van der Waals surface area contributed by atoms with Crippen molar-refractivity contribution in [2.45, 2.75) is 31.8 Å². The Kier molecular flexibility index (Phi) is 5.05. The molecule has 1 fully saturated rings. The van der Waals surface area contributed by atoms with Gasteiger partial charge < -0.3 is 15.3 Å². The lowest BCUT2D eigenvalue weighted by atomic mass is 10.0. The van der Waals surface area contributed by atoms with Crippen molar-refractivity contribution in [1.29, 1.82) is 0 Å². The molecular formula is C18H22N4O2. The van der Waals surface area contributed by atoms with Gasteiger partial charge >= 0.3 is 6.03 Å². The van der Waals surface area contributed by atoms with Crippen LogP contribution < -0.4 is 5.32 Å². The van der Waals surface area contributed by atoms with E-state index in [-0.39, 0.29) is 24.7 Å². The molecule has 0 radical (unpaired) electrons. The number of likely N-dealkylation sites (tertiary alicyclic amines) is 1. The van der Waals surface area contributed by atoms with Crippen LogP contribution in [0.4, 0.5) is 4.79 Å². The number of carbonyl (C=O) groups excluding carboxylic acids is 1. The minimum atomic E-state index is -0.111. The third kappa shape index (κ3) is 3.54. The van der Waals surface area contributed by atoms with E-state index in [0.717, 1.165) is 29.5 Å². The number of nitrogens with one attached hydrogen (secondary N) is 1. The van der Waals surface area contributed by atoms with Crippen LogP contribution in [0, 0.1) is 0 Å². The zero-order valence-corrected chi connectivity index (χ0v) is 13.7. The Morgan fingerprint density at radius 3 is 2.67 bits per heavy atom. The van der Waals surface area contributed by atoms with E-state index in [9.17, 15) is 9.90 Å². The van der Waals surface area contributed by atoms with Crippen molar-refractivity contribution in [2.75, 3.05) is 13.2 Å². The summed E-state index contributed by atoms with van der Waals surface area (Å²) in [6, 6.07) is 7.74. The van der Waals surface area contributed by atoms with E-state index >= 15 is 0 Å². The number of hydrogen-bond acceptors (Lipinski definition) is 4. The first kappa shape index (κ1) is 16.4. The standard InChI is InChI=1S/C18H22N4O2/c1-13(21-18(24)22-8-2-3-17(22)11-23)14-4-6-15(7-5-14)16-9-19-12-20-10-16/h4-7,9-10,12-13,17,23H,2-3,8,11H2,1H3,(H,21,24)/t13-,17-/m1/s1. The molecule has 6 nitrogen and oxygen atoms in total. The van der Waals surface area contributed by atoms with Gasteiger partial charge in [0.25, 0.3) is 0 Å². The van der Waals surface area contributed by atoms with Gasteiger partial charge in [0.15, 0.2) is 0 Å². The normalized spacial score (nSPS) is 18.4. The number of aliphatic hydroxyl groups is 1. The van der Waals surface area contributed by atoms with Gasteiger partial charge in [-0.1, -0.05) is 24.3 Å². The second-order valence-corrected chi connectivity index (χ2v) is 6.09. The summed E-state index contributed by atoms with van der Waals surface area (Å²) >= 11 is 0. The van der Waals surface area contributed by atoms with Crippen LogP contribution in [0.15, 0.2) is 43.0 Å². The average Bonchev–Trinajstić information content (AvgIpc) is 3.11. The Labute approximate surface area is 141 Å². The fourth-order valence-corrected chi connectivity index (χ4v) is 3.06. The quantitative estimate of drug-likeness (QED) is 0.904. The van der Waals surface area contributed by atoms with Gasteiger partial charge in [0.05, 0.1) is 18.7 Å². The minimum Gasteiger partial charge on any atom is -0.394 e. The number of aromatic nitrogens is 2. The highest BCUT2D eigenvalue weighted by Crippen LogP contribution is 2.22. The van der Waals surface area contributed by atoms with E-state index in [2.05, 4.69) is 15.3 Å². The van der Waals surface area contributed by atoms with Gasteiger partial charge in [-0.2, -0.15) is 0 Å². The van der Waals surface area contributed by atoms with Crippen LogP contribution >= 0.6 is 0 Å². The number of rotatable bonds is 4. The summed E-state index contributed by atoms with van der Waals surface area (Å²) < 4.78 is 0. The lowest BCUT2D eigenvalue weighted by Crippen LogP contribution is -2.44. The molecule has 0 aliphatic carbocycles. The summed E-state index contributed by atoms with van der Waals surface area (Å²) in [4.78, 5) is 22.1. The molecule has 24 heavy (non-hydrogen) atoms. The molecule has 3 rings (SSSR count). The molecule has 1 aromatic heterocycles. The topological polar surface area (TPSA) is 78.4 Å². The van der Waals surface area contributed by atoms with Gasteiger partial charge in [-0.15, -0.1) is 0 Å². The first-order valence-corrected chi connectivity index (χ1v) is 8.22. The van der Waals surface area contributed by atoms with Crippen LogP contribution in [0.2, 0.25) is 0 Å². The Morgan fingerprint density at radius 2 is 2.00 bits per heavy atom. The molecule has 0 spiro atoms. The van der Waals surface area contributed by atoms with Crippen molar-refractivity contribution in [3.63, 3.8) is 0 Å². The fraction of sp³-hybridized carbons (Fsp3) is 0.389. The minimum absolute atomic E-state index is 0.0235. The van der Waals surface area contributed by atoms with E-state index in [0.29, 0.717) is 6.54 Å². The molecule has 2 amide bonds. The molecule has 2 N–H and O–H groups in total. The third-order valence-corrected chi connectivity index (χ3v) is 4.49. The number of benzene rings is 1. The number of carbonyl (C=O) groups is 1. The number of amides is 2. The molecule has 0 unspecified atom stereocenters. The van der Waals surface area contributed by atoms with Crippen LogP contribution in [0.3, 0.4) is 0 Å². The molecule has 1 saturated heterocycles. The number of nitrogens with zero attached hydrogens (tertiary/aromatic N) is 3. The molecule has 126 valence electrons. The van der Waals surface area contributed by atoms with Crippen molar-refractivity contribution < 1.29 is 9.90 Å². The number of aliphatic hydroxyl groups excluding tert-OH is 1. The summed E-state index contributed by atoms with van der Waals surface area (Å²) in [5, 5.41) is 12.4. The van der Waals surface area contributed by atoms with Crippen LogP contribution in [-0.2, 0) is 0 Å². The molecule has 1 aromatic carbocycles. The molecule has 2 heterocycles. The summed E-state index contributed by atoms with van der Waals surface area (Å²) in [6.45, 7) is 2.69. The summed E-state index contributed by atoms with van der Waals surface area (Å²) in [7, 11) is 0. The smallest absolute Gasteiger partial charge is 0.318 e. The van der Waals surface area contributed by atoms with Crippen LogP contribution in [0.1, 0.15) is 31.4 Å². The maximum Gasteiger partial charge on any atom is 0.318 e. The molecule has 2 atom stereocenters. The second kappa shape index (κ2) is 7.40. The second-order valence-electron chi connectivity index (χ2n) is 6.09. The zero-order valence-electron chi connectivity index (χ0n) is 13.7. The van der Waals surface area contributed by atoms with Gasteiger partial charge in [0.2, 0.25) is 0 Å².